The van der Waals surface area contributed by atoms with Gasteiger partial charge in [0.05, 0.1) is 12.2 Å². The van der Waals surface area contributed by atoms with Crippen LogP contribution in [-0.2, 0) is 17.8 Å². The molecule has 0 unspecified atom stereocenters. The summed E-state index contributed by atoms with van der Waals surface area (Å²) in [4.78, 5) is 37.2. The largest absolute Gasteiger partial charge is 0.328 e. The van der Waals surface area contributed by atoms with Gasteiger partial charge in [0.25, 0.3) is 5.91 Å². The molecule has 3 heterocycles. The summed E-state index contributed by atoms with van der Waals surface area (Å²) in [7, 11) is 0. The van der Waals surface area contributed by atoms with E-state index >= 15 is 0 Å². The van der Waals surface area contributed by atoms with E-state index in [0.717, 1.165) is 31.6 Å². The zero-order valence-electron chi connectivity index (χ0n) is 18.5. The Morgan fingerprint density at radius 1 is 1.03 bits per heavy atom. The molecular weight excluding hydrogens is 388 g/mol. The van der Waals surface area contributed by atoms with E-state index in [2.05, 4.69) is 35.9 Å². The zero-order chi connectivity index (χ0) is 21.8. The third-order valence-electron chi connectivity index (χ3n) is 6.97. The van der Waals surface area contributed by atoms with Crippen LogP contribution in [-0.4, -0.2) is 62.8 Å². The molecule has 2 aromatic rings. The van der Waals surface area contributed by atoms with E-state index in [1.165, 1.54) is 10.5 Å². The van der Waals surface area contributed by atoms with Crippen molar-refractivity contribution in [3.63, 3.8) is 0 Å². The average Bonchev–Trinajstić information content (AvgIpc) is 3.00. The first-order valence-corrected chi connectivity index (χ1v) is 11.4. The zero-order valence-corrected chi connectivity index (χ0v) is 18.5. The van der Waals surface area contributed by atoms with Crippen LogP contribution in [0.15, 0.2) is 54.7 Å². The Hall–Kier alpha value is -2.73. The molecule has 3 amide bonds. The minimum absolute atomic E-state index is 0.0555. The number of likely N-dealkylation sites (tertiary alicyclic amines) is 1. The summed E-state index contributed by atoms with van der Waals surface area (Å²) >= 11 is 0. The molecule has 1 aromatic heterocycles. The Balaban J connectivity index is 1.57. The van der Waals surface area contributed by atoms with Gasteiger partial charge in [0.1, 0.15) is 5.54 Å². The Labute approximate surface area is 184 Å². The molecule has 1 spiro atoms. The Morgan fingerprint density at radius 2 is 1.74 bits per heavy atom. The van der Waals surface area contributed by atoms with Crippen LogP contribution >= 0.6 is 0 Å². The lowest BCUT2D eigenvalue weighted by molar-refractivity contribution is -0.136. The van der Waals surface area contributed by atoms with E-state index in [9.17, 15) is 9.59 Å². The molecule has 1 aromatic carbocycles. The SMILES string of the molecule is CC[C@@H](C)N1CCC2(CC1)C(=O)N(Cc1ccccn1)C(=O)N2CCc1ccccc1. The molecule has 0 radical (unpaired) electrons. The van der Waals surface area contributed by atoms with Gasteiger partial charge < -0.3 is 9.80 Å². The van der Waals surface area contributed by atoms with Crippen molar-refractivity contribution in [3.8, 4) is 0 Å². The monoisotopic (exact) mass is 420 g/mol. The first kappa shape index (κ1) is 21.5. The van der Waals surface area contributed by atoms with Gasteiger partial charge in [0, 0.05) is 31.9 Å². The van der Waals surface area contributed by atoms with Crippen molar-refractivity contribution >= 4 is 11.9 Å². The van der Waals surface area contributed by atoms with Gasteiger partial charge in [-0.25, -0.2) is 4.79 Å². The summed E-state index contributed by atoms with van der Waals surface area (Å²) in [5.41, 5.74) is 1.18. The number of rotatable bonds is 7. The molecule has 2 saturated heterocycles. The molecule has 164 valence electrons. The number of amides is 3. The van der Waals surface area contributed by atoms with Gasteiger partial charge in [-0.1, -0.05) is 43.3 Å². The Morgan fingerprint density at radius 3 is 2.39 bits per heavy atom. The maximum absolute atomic E-state index is 13.7. The second-order valence-corrected chi connectivity index (χ2v) is 8.71. The number of hydrogen-bond acceptors (Lipinski definition) is 4. The van der Waals surface area contributed by atoms with E-state index < -0.39 is 5.54 Å². The quantitative estimate of drug-likeness (QED) is 0.641. The van der Waals surface area contributed by atoms with E-state index in [1.807, 2.05) is 41.3 Å². The van der Waals surface area contributed by atoms with Crippen LogP contribution in [0.5, 0.6) is 0 Å². The fourth-order valence-corrected chi connectivity index (χ4v) is 4.85. The number of benzene rings is 1. The smallest absolute Gasteiger partial charge is 0.309 e. The molecule has 2 aliphatic heterocycles. The molecule has 6 heteroatoms. The number of imide groups is 1. The fraction of sp³-hybridized carbons (Fsp3) is 0.480. The summed E-state index contributed by atoms with van der Waals surface area (Å²) in [6.07, 6.45) is 4.91. The number of piperidine rings is 1. The highest BCUT2D eigenvalue weighted by molar-refractivity contribution is 6.07. The van der Waals surface area contributed by atoms with Crippen LogP contribution in [0.1, 0.15) is 44.4 Å². The van der Waals surface area contributed by atoms with Crippen molar-refractivity contribution in [2.45, 2.75) is 57.7 Å². The topological polar surface area (TPSA) is 56.8 Å². The van der Waals surface area contributed by atoms with Crippen molar-refractivity contribution < 1.29 is 9.59 Å². The minimum Gasteiger partial charge on any atom is -0.309 e. The van der Waals surface area contributed by atoms with E-state index in [-0.39, 0.29) is 18.5 Å². The van der Waals surface area contributed by atoms with E-state index in [4.69, 9.17) is 0 Å². The van der Waals surface area contributed by atoms with Gasteiger partial charge in [-0.05, 0) is 50.3 Å². The van der Waals surface area contributed by atoms with Crippen molar-refractivity contribution in [2.24, 2.45) is 0 Å². The first-order chi connectivity index (χ1) is 15.0. The van der Waals surface area contributed by atoms with Crippen LogP contribution in [0.3, 0.4) is 0 Å². The summed E-state index contributed by atoms with van der Waals surface area (Å²) in [6.45, 7) is 6.90. The van der Waals surface area contributed by atoms with Gasteiger partial charge >= 0.3 is 6.03 Å². The van der Waals surface area contributed by atoms with Crippen LogP contribution in [0.2, 0.25) is 0 Å². The second-order valence-electron chi connectivity index (χ2n) is 8.71. The Bertz CT molecular complexity index is 894. The molecule has 1 atom stereocenters. The van der Waals surface area contributed by atoms with Crippen molar-refractivity contribution in [2.75, 3.05) is 19.6 Å². The minimum atomic E-state index is -0.732. The number of aromatic nitrogens is 1. The molecule has 0 bridgehead atoms. The van der Waals surface area contributed by atoms with Crippen LogP contribution < -0.4 is 0 Å². The van der Waals surface area contributed by atoms with Gasteiger partial charge in [0.2, 0.25) is 0 Å². The third-order valence-corrected chi connectivity index (χ3v) is 6.97. The van der Waals surface area contributed by atoms with Crippen LogP contribution in [0, 0.1) is 0 Å². The lowest BCUT2D eigenvalue weighted by atomic mass is 9.85. The summed E-state index contributed by atoms with van der Waals surface area (Å²) < 4.78 is 0. The number of nitrogens with zero attached hydrogens (tertiary/aromatic N) is 4. The maximum Gasteiger partial charge on any atom is 0.328 e. The van der Waals surface area contributed by atoms with E-state index in [0.29, 0.717) is 25.4 Å². The Kier molecular flexibility index (Phi) is 6.37. The predicted molar refractivity (Wildman–Crippen MR) is 120 cm³/mol. The molecule has 31 heavy (non-hydrogen) atoms. The number of carbonyl (C=O) groups is 2. The van der Waals surface area contributed by atoms with Crippen molar-refractivity contribution in [3.05, 3.63) is 66.0 Å². The number of carbonyl (C=O) groups excluding carboxylic acids is 2. The number of urea groups is 1. The molecule has 0 N–H and O–H groups in total. The number of hydrogen-bond donors (Lipinski definition) is 0. The molecule has 2 aliphatic rings. The normalized spacial score (nSPS) is 19.9. The standard InChI is InChI=1S/C25H32N4O2/c1-3-20(2)27-17-13-25(14-18-27)23(30)28(19-22-11-7-8-15-26-22)24(31)29(25)16-12-21-9-5-4-6-10-21/h4-11,15,20H,3,12-14,16-19H2,1-2H3/t20-/m1/s1. The molecule has 0 aliphatic carbocycles. The van der Waals surface area contributed by atoms with Crippen molar-refractivity contribution in [1.29, 1.82) is 0 Å². The fourth-order valence-electron chi connectivity index (χ4n) is 4.85. The van der Waals surface area contributed by atoms with Gasteiger partial charge in [0.15, 0.2) is 0 Å². The van der Waals surface area contributed by atoms with Gasteiger partial charge in [-0.15, -0.1) is 0 Å². The third kappa shape index (κ3) is 4.22. The summed E-state index contributed by atoms with van der Waals surface area (Å²) in [5, 5.41) is 0. The predicted octanol–water partition coefficient (Wildman–Crippen LogP) is 3.72. The van der Waals surface area contributed by atoms with Gasteiger partial charge in [-0.3, -0.25) is 14.7 Å². The average molecular weight is 421 g/mol. The highest BCUT2D eigenvalue weighted by atomic mass is 16.2. The lowest BCUT2D eigenvalue weighted by Gasteiger charge is -2.44. The lowest BCUT2D eigenvalue weighted by Crippen LogP contribution is -2.58. The number of pyridine rings is 1. The van der Waals surface area contributed by atoms with Gasteiger partial charge in [-0.2, -0.15) is 0 Å². The molecular formula is C25H32N4O2. The highest BCUT2D eigenvalue weighted by Gasteiger charge is 2.57. The van der Waals surface area contributed by atoms with Crippen LogP contribution in [0.25, 0.3) is 0 Å². The second kappa shape index (κ2) is 9.18. The summed E-state index contributed by atoms with van der Waals surface area (Å²) in [6, 6.07) is 16.1. The molecule has 2 fully saturated rings. The maximum atomic E-state index is 13.7. The highest BCUT2D eigenvalue weighted by Crippen LogP contribution is 2.38. The van der Waals surface area contributed by atoms with Crippen LogP contribution in [0.4, 0.5) is 4.79 Å². The van der Waals surface area contributed by atoms with Crippen molar-refractivity contribution in [1.82, 2.24) is 19.7 Å². The molecule has 0 saturated carbocycles. The first-order valence-electron chi connectivity index (χ1n) is 11.4. The molecule has 6 nitrogen and oxygen atoms in total. The van der Waals surface area contributed by atoms with E-state index in [1.54, 1.807) is 6.20 Å². The summed E-state index contributed by atoms with van der Waals surface area (Å²) in [5.74, 6) is -0.0555. The molecule has 4 rings (SSSR count).